The van der Waals surface area contributed by atoms with Crippen molar-refractivity contribution in [3.63, 3.8) is 0 Å². The number of hydrogen-bond donors (Lipinski definition) is 1. The molecule has 0 rings (SSSR count). The van der Waals surface area contributed by atoms with Gasteiger partial charge in [-0.05, 0) is 12.2 Å². The van der Waals surface area contributed by atoms with E-state index in [0.29, 0.717) is 5.75 Å². The largest absolute Gasteiger partial charge is 0.467 e. The monoisotopic (exact) mass is 233 g/mol. The van der Waals surface area contributed by atoms with Crippen LogP contribution >= 0.6 is 11.8 Å². The molecule has 1 amide bonds. The number of nitrogens with one attached hydrogen (secondary N) is 1. The normalized spacial score (nSPS) is 11.9. The van der Waals surface area contributed by atoms with Crippen LogP contribution in [0.1, 0.15) is 26.7 Å². The molecule has 0 aliphatic rings. The topological polar surface area (TPSA) is 55.4 Å². The highest BCUT2D eigenvalue weighted by molar-refractivity contribution is 7.99. The summed E-state index contributed by atoms with van der Waals surface area (Å²) < 4.78 is 4.60. The SMILES string of the molecule is CCCCSCC(NC(C)=O)C(=O)OC. The van der Waals surface area contributed by atoms with Crippen LogP contribution in [0.25, 0.3) is 0 Å². The molecule has 4 nitrogen and oxygen atoms in total. The van der Waals surface area contributed by atoms with Gasteiger partial charge in [0, 0.05) is 12.7 Å². The molecule has 0 aromatic carbocycles. The second kappa shape index (κ2) is 8.59. The van der Waals surface area contributed by atoms with E-state index in [1.165, 1.54) is 14.0 Å². The first kappa shape index (κ1) is 14.3. The summed E-state index contributed by atoms with van der Waals surface area (Å²) in [6.07, 6.45) is 2.26. The van der Waals surface area contributed by atoms with Crippen molar-refractivity contribution in [1.82, 2.24) is 5.32 Å². The molecule has 0 saturated carbocycles. The highest BCUT2D eigenvalue weighted by Gasteiger charge is 2.19. The van der Waals surface area contributed by atoms with Gasteiger partial charge in [-0.15, -0.1) is 0 Å². The summed E-state index contributed by atoms with van der Waals surface area (Å²) in [5.74, 6) is 0.992. The first-order valence-corrected chi connectivity index (χ1v) is 6.20. The van der Waals surface area contributed by atoms with E-state index in [2.05, 4.69) is 17.0 Å². The summed E-state index contributed by atoms with van der Waals surface area (Å²) in [5, 5.41) is 2.57. The van der Waals surface area contributed by atoms with E-state index >= 15 is 0 Å². The van der Waals surface area contributed by atoms with E-state index in [-0.39, 0.29) is 11.9 Å². The van der Waals surface area contributed by atoms with Crippen LogP contribution in [0.3, 0.4) is 0 Å². The Bertz CT molecular complexity index is 209. The van der Waals surface area contributed by atoms with Crippen LogP contribution in [0.5, 0.6) is 0 Å². The lowest BCUT2D eigenvalue weighted by Crippen LogP contribution is -2.42. The fourth-order valence-electron chi connectivity index (χ4n) is 1.00. The molecule has 1 atom stereocenters. The number of esters is 1. The van der Waals surface area contributed by atoms with Crippen molar-refractivity contribution < 1.29 is 14.3 Å². The molecule has 0 aliphatic carbocycles. The number of ether oxygens (including phenoxy) is 1. The molecule has 1 N–H and O–H groups in total. The fourth-order valence-corrected chi connectivity index (χ4v) is 2.12. The third-order valence-corrected chi connectivity index (χ3v) is 2.94. The molecule has 0 spiro atoms. The number of carbonyl (C=O) groups is 2. The lowest BCUT2D eigenvalue weighted by atomic mass is 10.3. The van der Waals surface area contributed by atoms with Crippen molar-refractivity contribution in [3.8, 4) is 0 Å². The molecule has 0 radical (unpaired) electrons. The van der Waals surface area contributed by atoms with Crippen LogP contribution in [0.4, 0.5) is 0 Å². The van der Waals surface area contributed by atoms with E-state index in [4.69, 9.17) is 0 Å². The molecular weight excluding hydrogens is 214 g/mol. The predicted molar refractivity (Wildman–Crippen MR) is 61.9 cm³/mol. The quantitative estimate of drug-likeness (QED) is 0.530. The molecular formula is C10H19NO3S. The van der Waals surface area contributed by atoms with Gasteiger partial charge >= 0.3 is 5.97 Å². The van der Waals surface area contributed by atoms with Crippen molar-refractivity contribution in [2.75, 3.05) is 18.6 Å². The van der Waals surface area contributed by atoms with Gasteiger partial charge in [0.05, 0.1) is 7.11 Å². The summed E-state index contributed by atoms with van der Waals surface area (Å²) in [5.41, 5.74) is 0. The van der Waals surface area contributed by atoms with Crippen molar-refractivity contribution >= 4 is 23.6 Å². The average molecular weight is 233 g/mol. The zero-order valence-electron chi connectivity index (χ0n) is 9.54. The number of unbranched alkanes of at least 4 members (excludes halogenated alkanes) is 1. The Hall–Kier alpha value is -0.710. The van der Waals surface area contributed by atoms with Crippen molar-refractivity contribution in [1.29, 1.82) is 0 Å². The number of rotatable bonds is 7. The standard InChI is InChI=1S/C10H19NO3S/c1-4-5-6-15-7-9(10(13)14-3)11-8(2)12/h9H,4-7H2,1-3H3,(H,11,12). The molecule has 88 valence electrons. The molecule has 0 aromatic rings. The Morgan fingerprint density at radius 3 is 2.60 bits per heavy atom. The minimum Gasteiger partial charge on any atom is -0.467 e. The number of carbonyl (C=O) groups excluding carboxylic acids is 2. The van der Waals surface area contributed by atoms with Crippen LogP contribution in [0, 0.1) is 0 Å². The lowest BCUT2D eigenvalue weighted by Gasteiger charge is -2.14. The molecule has 0 aliphatic heterocycles. The maximum absolute atomic E-state index is 11.3. The molecule has 0 saturated heterocycles. The lowest BCUT2D eigenvalue weighted by molar-refractivity contribution is -0.144. The average Bonchev–Trinajstić information content (AvgIpc) is 2.21. The molecule has 0 aromatic heterocycles. The Labute approximate surface area is 95.1 Å². The van der Waals surface area contributed by atoms with E-state index in [1.54, 1.807) is 11.8 Å². The second-order valence-corrected chi connectivity index (χ2v) is 4.35. The van der Waals surface area contributed by atoms with E-state index in [1.807, 2.05) is 0 Å². The maximum atomic E-state index is 11.3. The van der Waals surface area contributed by atoms with E-state index < -0.39 is 6.04 Å². The van der Waals surface area contributed by atoms with Crippen LogP contribution in [0.15, 0.2) is 0 Å². The zero-order valence-corrected chi connectivity index (χ0v) is 10.4. The summed E-state index contributed by atoms with van der Waals surface area (Å²) in [6, 6.07) is -0.519. The van der Waals surface area contributed by atoms with Gasteiger partial charge in [0.25, 0.3) is 0 Å². The molecule has 0 fully saturated rings. The first-order valence-electron chi connectivity index (χ1n) is 5.04. The Balaban J connectivity index is 3.90. The number of thioether (sulfide) groups is 1. The molecule has 0 bridgehead atoms. The van der Waals surface area contributed by atoms with E-state index in [9.17, 15) is 9.59 Å². The van der Waals surface area contributed by atoms with Crippen LogP contribution in [-0.4, -0.2) is 36.5 Å². The molecule has 15 heavy (non-hydrogen) atoms. The van der Waals surface area contributed by atoms with Gasteiger partial charge in [0.2, 0.25) is 5.91 Å². The zero-order chi connectivity index (χ0) is 11.7. The number of hydrogen-bond acceptors (Lipinski definition) is 4. The highest BCUT2D eigenvalue weighted by atomic mass is 32.2. The van der Waals surface area contributed by atoms with E-state index in [0.717, 1.165) is 18.6 Å². The van der Waals surface area contributed by atoms with Gasteiger partial charge in [-0.2, -0.15) is 11.8 Å². The maximum Gasteiger partial charge on any atom is 0.329 e. The second-order valence-electron chi connectivity index (χ2n) is 3.20. The van der Waals surface area contributed by atoms with Crippen LogP contribution in [0.2, 0.25) is 0 Å². The van der Waals surface area contributed by atoms with Crippen molar-refractivity contribution in [2.24, 2.45) is 0 Å². The van der Waals surface area contributed by atoms with Crippen molar-refractivity contribution in [3.05, 3.63) is 0 Å². The van der Waals surface area contributed by atoms with Crippen LogP contribution < -0.4 is 5.32 Å². The third-order valence-electron chi connectivity index (χ3n) is 1.79. The molecule has 5 heteroatoms. The summed E-state index contributed by atoms with van der Waals surface area (Å²) >= 11 is 1.66. The van der Waals surface area contributed by atoms with Crippen molar-refractivity contribution in [2.45, 2.75) is 32.7 Å². The molecule has 1 unspecified atom stereocenters. The first-order chi connectivity index (χ1) is 7.11. The summed E-state index contributed by atoms with van der Waals surface area (Å²) in [4.78, 5) is 22.1. The van der Waals surface area contributed by atoms with Gasteiger partial charge in [0.1, 0.15) is 6.04 Å². The van der Waals surface area contributed by atoms with Gasteiger partial charge in [-0.25, -0.2) is 4.79 Å². The Morgan fingerprint density at radius 1 is 1.47 bits per heavy atom. The van der Waals surface area contributed by atoms with Gasteiger partial charge in [-0.3, -0.25) is 4.79 Å². The Kier molecular flexibility index (Phi) is 8.18. The van der Waals surface area contributed by atoms with Gasteiger partial charge in [0.15, 0.2) is 0 Å². The minimum absolute atomic E-state index is 0.207. The smallest absolute Gasteiger partial charge is 0.329 e. The Morgan fingerprint density at radius 2 is 2.13 bits per heavy atom. The summed E-state index contributed by atoms with van der Waals surface area (Å²) in [7, 11) is 1.33. The minimum atomic E-state index is -0.519. The predicted octanol–water partition coefficient (Wildman–Crippen LogP) is 1.20. The van der Waals surface area contributed by atoms with Gasteiger partial charge < -0.3 is 10.1 Å². The number of methoxy groups -OCH3 is 1. The fraction of sp³-hybridized carbons (Fsp3) is 0.800. The molecule has 0 heterocycles. The van der Waals surface area contributed by atoms with Gasteiger partial charge in [-0.1, -0.05) is 13.3 Å². The summed E-state index contributed by atoms with van der Waals surface area (Å²) in [6.45, 7) is 3.51. The number of amides is 1. The van der Waals surface area contributed by atoms with Crippen LogP contribution in [-0.2, 0) is 14.3 Å². The highest BCUT2D eigenvalue weighted by Crippen LogP contribution is 2.07. The third kappa shape index (κ3) is 7.25.